The first-order valence-corrected chi connectivity index (χ1v) is 10.3. The van der Waals surface area contributed by atoms with Gasteiger partial charge in [-0.2, -0.15) is 5.10 Å². The molecule has 0 fully saturated rings. The third-order valence-electron chi connectivity index (χ3n) is 3.82. The van der Waals surface area contributed by atoms with Crippen molar-refractivity contribution in [1.29, 1.82) is 0 Å². The van der Waals surface area contributed by atoms with E-state index in [0.29, 0.717) is 33.0 Å². The fourth-order valence-electron chi connectivity index (χ4n) is 2.34. The summed E-state index contributed by atoms with van der Waals surface area (Å²) < 4.78 is 6.56. The lowest BCUT2D eigenvalue weighted by molar-refractivity contribution is 0.0955. The molecule has 0 spiro atoms. The van der Waals surface area contributed by atoms with Crippen LogP contribution in [0.15, 0.2) is 70.2 Å². The van der Waals surface area contributed by atoms with Crippen LogP contribution < -0.4 is 10.2 Å². The Morgan fingerprint density at radius 3 is 2.45 bits per heavy atom. The Bertz CT molecular complexity index is 1060. The zero-order valence-electron chi connectivity index (χ0n) is 14.8. The lowest BCUT2D eigenvalue weighted by Crippen LogP contribution is -2.17. The Hall–Kier alpha value is -2.05. The molecule has 0 aliphatic carbocycles. The van der Waals surface area contributed by atoms with E-state index in [4.69, 9.17) is 39.5 Å². The van der Waals surface area contributed by atoms with Crippen molar-refractivity contribution in [2.24, 2.45) is 5.10 Å². The maximum absolute atomic E-state index is 12.0. The highest BCUT2D eigenvalue weighted by molar-refractivity contribution is 9.10. The summed E-state index contributed by atoms with van der Waals surface area (Å²) in [7, 11) is 0. The van der Waals surface area contributed by atoms with E-state index in [0.717, 1.165) is 15.6 Å². The Balaban J connectivity index is 1.58. The van der Waals surface area contributed by atoms with Gasteiger partial charge in [0.15, 0.2) is 0 Å². The number of ether oxygens (including phenoxy) is 1. The summed E-state index contributed by atoms with van der Waals surface area (Å²) in [4.78, 5) is 12.0. The summed E-state index contributed by atoms with van der Waals surface area (Å²) in [6.45, 7) is 0.347. The molecule has 3 aromatic carbocycles. The molecule has 4 nitrogen and oxygen atoms in total. The van der Waals surface area contributed by atoms with Crippen molar-refractivity contribution in [3.63, 3.8) is 0 Å². The number of rotatable bonds is 6. The molecule has 148 valence electrons. The highest BCUT2D eigenvalue weighted by atomic mass is 79.9. The summed E-state index contributed by atoms with van der Waals surface area (Å²) in [5, 5.41) is 5.53. The van der Waals surface area contributed by atoms with Crippen LogP contribution in [0.3, 0.4) is 0 Å². The first kappa shape index (κ1) is 21.7. The Labute approximate surface area is 191 Å². The predicted octanol–water partition coefficient (Wildman–Crippen LogP) is 6.75. The highest BCUT2D eigenvalue weighted by Crippen LogP contribution is 2.28. The molecular formula is C21H14BrCl3N2O2. The molecule has 0 aromatic heterocycles. The van der Waals surface area contributed by atoms with E-state index in [1.165, 1.54) is 0 Å². The van der Waals surface area contributed by atoms with Crippen molar-refractivity contribution < 1.29 is 9.53 Å². The third kappa shape index (κ3) is 6.21. The van der Waals surface area contributed by atoms with E-state index in [1.54, 1.807) is 42.6 Å². The first-order valence-electron chi connectivity index (χ1n) is 8.37. The van der Waals surface area contributed by atoms with Gasteiger partial charge in [-0.05, 0) is 81.7 Å². The van der Waals surface area contributed by atoms with Gasteiger partial charge in [0, 0.05) is 10.6 Å². The second-order valence-electron chi connectivity index (χ2n) is 5.93. The maximum atomic E-state index is 12.0. The molecule has 29 heavy (non-hydrogen) atoms. The van der Waals surface area contributed by atoms with Crippen LogP contribution in [0, 0.1) is 0 Å². The number of hydrogen-bond acceptors (Lipinski definition) is 3. The van der Waals surface area contributed by atoms with Crippen molar-refractivity contribution in [2.75, 3.05) is 0 Å². The van der Waals surface area contributed by atoms with Gasteiger partial charge in [-0.3, -0.25) is 4.79 Å². The normalized spacial score (nSPS) is 10.9. The molecule has 0 saturated carbocycles. The monoisotopic (exact) mass is 510 g/mol. The summed E-state index contributed by atoms with van der Waals surface area (Å²) in [6, 6.07) is 17.4. The smallest absolute Gasteiger partial charge is 0.271 e. The molecular weight excluding hydrogens is 499 g/mol. The fraction of sp³-hybridized carbons (Fsp3) is 0.0476. The predicted molar refractivity (Wildman–Crippen MR) is 121 cm³/mol. The van der Waals surface area contributed by atoms with Crippen LogP contribution in [0.1, 0.15) is 21.5 Å². The van der Waals surface area contributed by atoms with Gasteiger partial charge in [-0.15, -0.1) is 0 Å². The van der Waals surface area contributed by atoms with Gasteiger partial charge in [-0.25, -0.2) is 5.43 Å². The summed E-state index contributed by atoms with van der Waals surface area (Å²) in [5.41, 5.74) is 4.64. The van der Waals surface area contributed by atoms with E-state index < -0.39 is 0 Å². The van der Waals surface area contributed by atoms with E-state index in [1.807, 2.05) is 24.3 Å². The average Bonchev–Trinajstić information content (AvgIpc) is 2.70. The lowest BCUT2D eigenvalue weighted by Gasteiger charge is -2.09. The lowest BCUT2D eigenvalue weighted by atomic mass is 10.2. The minimum absolute atomic E-state index is 0.321. The molecule has 0 aliphatic rings. The van der Waals surface area contributed by atoms with Crippen LogP contribution in [0.25, 0.3) is 0 Å². The Morgan fingerprint density at radius 2 is 1.76 bits per heavy atom. The second kappa shape index (κ2) is 10.1. The SMILES string of the molecule is O=C(N/N=C\c1ccc(OCc2ccc(Cl)c(Cl)c2)c(Br)c1)c1ccc(Cl)cc1. The van der Waals surface area contributed by atoms with Crippen molar-refractivity contribution in [2.45, 2.75) is 6.61 Å². The molecule has 0 bridgehead atoms. The first-order chi connectivity index (χ1) is 13.9. The van der Waals surface area contributed by atoms with Gasteiger partial charge in [0.05, 0.1) is 20.7 Å². The van der Waals surface area contributed by atoms with Crippen LogP contribution in [0.2, 0.25) is 15.1 Å². The van der Waals surface area contributed by atoms with Crippen molar-refractivity contribution in [3.05, 3.63) is 96.9 Å². The van der Waals surface area contributed by atoms with E-state index >= 15 is 0 Å². The molecule has 1 amide bonds. The molecule has 0 heterocycles. The Kier molecular flexibility index (Phi) is 7.56. The van der Waals surface area contributed by atoms with Gasteiger partial charge in [0.2, 0.25) is 0 Å². The summed E-state index contributed by atoms with van der Waals surface area (Å²) >= 11 is 21.2. The number of carbonyl (C=O) groups excluding carboxylic acids is 1. The van der Waals surface area contributed by atoms with E-state index in [9.17, 15) is 4.79 Å². The molecule has 0 atom stereocenters. The number of amides is 1. The Morgan fingerprint density at radius 1 is 1.00 bits per heavy atom. The second-order valence-corrected chi connectivity index (χ2v) is 8.04. The number of nitrogens with one attached hydrogen (secondary N) is 1. The van der Waals surface area contributed by atoms with Crippen molar-refractivity contribution in [1.82, 2.24) is 5.43 Å². The van der Waals surface area contributed by atoms with Gasteiger partial charge in [0.25, 0.3) is 5.91 Å². The van der Waals surface area contributed by atoms with Gasteiger partial charge in [-0.1, -0.05) is 40.9 Å². The maximum Gasteiger partial charge on any atom is 0.271 e. The zero-order chi connectivity index (χ0) is 20.8. The van der Waals surface area contributed by atoms with Gasteiger partial charge < -0.3 is 4.74 Å². The average molecular weight is 513 g/mol. The highest BCUT2D eigenvalue weighted by Gasteiger charge is 2.06. The van der Waals surface area contributed by atoms with Gasteiger partial charge in [0.1, 0.15) is 12.4 Å². The number of hydrogen-bond donors (Lipinski definition) is 1. The summed E-state index contributed by atoms with van der Waals surface area (Å²) in [5.74, 6) is 0.344. The minimum atomic E-state index is -0.321. The van der Waals surface area contributed by atoms with Gasteiger partial charge >= 0.3 is 0 Å². The molecule has 1 N–H and O–H groups in total. The fourth-order valence-corrected chi connectivity index (χ4v) is 3.29. The van der Waals surface area contributed by atoms with E-state index in [2.05, 4.69) is 26.5 Å². The number of hydrazone groups is 1. The molecule has 3 aromatic rings. The van der Waals surface area contributed by atoms with Crippen LogP contribution in [-0.4, -0.2) is 12.1 Å². The third-order valence-corrected chi connectivity index (χ3v) is 5.43. The molecule has 0 unspecified atom stereocenters. The molecule has 0 saturated heterocycles. The van der Waals surface area contributed by atoms with Crippen LogP contribution in [0.4, 0.5) is 0 Å². The van der Waals surface area contributed by atoms with Crippen LogP contribution in [-0.2, 0) is 6.61 Å². The summed E-state index contributed by atoms with van der Waals surface area (Å²) in [6.07, 6.45) is 1.54. The van der Waals surface area contributed by atoms with E-state index in [-0.39, 0.29) is 5.91 Å². The number of carbonyl (C=O) groups is 1. The molecule has 0 radical (unpaired) electrons. The van der Waals surface area contributed by atoms with Crippen LogP contribution in [0.5, 0.6) is 5.75 Å². The number of benzene rings is 3. The minimum Gasteiger partial charge on any atom is -0.488 e. The molecule has 3 rings (SSSR count). The largest absolute Gasteiger partial charge is 0.488 e. The molecule has 0 aliphatic heterocycles. The standard InChI is InChI=1S/C21H14BrCl3N2O2/c22-17-9-13(11-26-27-21(28)15-3-5-16(23)6-4-15)2-8-20(17)29-12-14-1-7-18(24)19(25)10-14/h1-11H,12H2,(H,27,28)/b26-11-. The topological polar surface area (TPSA) is 50.7 Å². The molecule has 8 heteroatoms. The number of nitrogens with zero attached hydrogens (tertiary/aromatic N) is 1. The van der Waals surface area contributed by atoms with Crippen LogP contribution >= 0.6 is 50.7 Å². The number of halogens is 4. The van der Waals surface area contributed by atoms with Crippen molar-refractivity contribution in [3.8, 4) is 5.75 Å². The zero-order valence-corrected chi connectivity index (χ0v) is 18.7. The van der Waals surface area contributed by atoms with Crippen molar-refractivity contribution >= 4 is 62.9 Å². The quantitative estimate of drug-likeness (QED) is 0.293.